The monoisotopic (exact) mass is 213 g/mol. The Bertz CT molecular complexity index is 550. The fourth-order valence-corrected chi connectivity index (χ4v) is 1.25. The average molecular weight is 213 g/mol. The Labute approximate surface area is 98.1 Å². The smallest absolute Gasteiger partial charge is 0.163 e. The molecule has 0 saturated heterocycles. The van der Waals surface area contributed by atoms with Crippen molar-refractivity contribution in [1.82, 2.24) is 15.9 Å². The second-order valence-corrected chi connectivity index (χ2v) is 3.48. The number of allylic oxidation sites excluding steroid dienone is 1. The zero-order valence-corrected chi connectivity index (χ0v) is 8.49. The van der Waals surface area contributed by atoms with E-state index in [2.05, 4.69) is 11.6 Å². The molecule has 0 saturated carbocycles. The van der Waals surface area contributed by atoms with E-state index in [1.54, 1.807) is 6.92 Å². The molecule has 0 bridgehead atoms. The van der Waals surface area contributed by atoms with Crippen LogP contribution >= 0.6 is 0 Å². The van der Waals surface area contributed by atoms with Crippen LogP contribution < -0.4 is 21.7 Å². The third-order valence-electron chi connectivity index (χ3n) is 2.03. The van der Waals surface area contributed by atoms with Crippen LogP contribution in [0.3, 0.4) is 0 Å². The van der Waals surface area contributed by atoms with Gasteiger partial charge in [0.05, 0.1) is 15.2 Å². The predicted molar refractivity (Wildman–Crippen MR) is 60.7 cm³/mol. The van der Waals surface area contributed by atoms with Crippen molar-refractivity contribution in [3.8, 4) is 0 Å². The fourth-order valence-electron chi connectivity index (χ4n) is 1.25. The van der Waals surface area contributed by atoms with Crippen LogP contribution in [-0.4, -0.2) is 18.6 Å². The highest BCUT2D eigenvalue weighted by Crippen LogP contribution is 2.15. The minimum absolute atomic E-state index is 0.00508. The molecule has 5 N–H and O–H groups in total. The van der Waals surface area contributed by atoms with Gasteiger partial charge in [-0.05, 0) is 19.8 Å². The second kappa shape index (κ2) is 3.94. The van der Waals surface area contributed by atoms with Gasteiger partial charge in [0, 0.05) is 0 Å². The summed E-state index contributed by atoms with van der Waals surface area (Å²) in [6, 6.07) is 0. The zero-order valence-electron chi connectivity index (χ0n) is 14.5. The summed E-state index contributed by atoms with van der Waals surface area (Å²) in [4.78, 5) is 3.67. The lowest BCUT2D eigenvalue weighted by atomic mass is 10.1. The average Bonchev–Trinajstić information content (AvgIpc) is 2.66. The Morgan fingerprint density at radius 1 is 1.93 bits per heavy atom. The van der Waals surface area contributed by atoms with Crippen molar-refractivity contribution in [2.24, 2.45) is 10.7 Å². The molecule has 0 radical (unpaired) electrons. The van der Waals surface area contributed by atoms with E-state index in [0.717, 1.165) is 5.57 Å². The van der Waals surface area contributed by atoms with Crippen molar-refractivity contribution in [3.05, 3.63) is 23.7 Å². The van der Waals surface area contributed by atoms with Crippen LogP contribution in [0.2, 0.25) is 4.24 Å². The standard InChI is InChI=1S/C10H17N5/c1-6(2)3-4-7-14-9(11)8-10(15-7)13-5-12-8/h5,7,10,14-15H,1,3-4,11H2,2H3,(H,12,13)/i5D,7D,10D/hD3. The van der Waals surface area contributed by atoms with Gasteiger partial charge in [-0.2, -0.15) is 0 Å². The minimum atomic E-state index is -2.21. The molecule has 2 rings (SSSR count). The van der Waals surface area contributed by atoms with Gasteiger partial charge < -0.3 is 16.4 Å². The Balaban J connectivity index is 2.51. The van der Waals surface area contributed by atoms with E-state index in [4.69, 9.17) is 14.1 Å². The Hall–Kier alpha value is -1.49. The highest BCUT2D eigenvalue weighted by atomic mass is 15.3. The van der Waals surface area contributed by atoms with Crippen molar-refractivity contribution in [1.29, 1.82) is 0 Å². The largest absolute Gasteiger partial charge is 0.384 e. The Morgan fingerprint density at radius 2 is 2.73 bits per heavy atom. The Kier molecular flexibility index (Phi) is 1.32. The van der Waals surface area contributed by atoms with Crippen LogP contribution in [0.15, 0.2) is 28.7 Å². The minimum Gasteiger partial charge on any atom is -0.384 e. The van der Waals surface area contributed by atoms with Crippen LogP contribution in [0.4, 0.5) is 0 Å². The molecule has 0 aliphatic carbocycles. The molecule has 0 spiro atoms. The van der Waals surface area contributed by atoms with Gasteiger partial charge in [0.2, 0.25) is 0 Å². The molecule has 5 heteroatoms. The maximum atomic E-state index is 8.37. The van der Waals surface area contributed by atoms with Gasteiger partial charge in [0.25, 0.3) is 0 Å². The molecule has 5 nitrogen and oxygen atoms in total. The van der Waals surface area contributed by atoms with E-state index >= 15 is 0 Å². The van der Waals surface area contributed by atoms with Crippen LogP contribution in [-0.2, 0) is 0 Å². The molecule has 0 fully saturated rings. The number of hydrogen-bond donors (Lipinski definition) is 4. The molecule has 0 aromatic heterocycles. The number of nitrogens with two attached hydrogens (primary N) is 1. The molecule has 2 atom stereocenters. The van der Waals surface area contributed by atoms with Crippen molar-refractivity contribution >= 4 is 6.31 Å². The summed E-state index contributed by atoms with van der Waals surface area (Å²) in [5, 5.41) is 1.47. The lowest BCUT2D eigenvalue weighted by Gasteiger charge is -2.31. The molecule has 2 aliphatic rings. The van der Waals surface area contributed by atoms with Crippen molar-refractivity contribution in [3.63, 3.8) is 0 Å². The fraction of sp³-hybridized carbons (Fsp3) is 0.500. The third-order valence-corrected chi connectivity index (χ3v) is 2.03. The zero-order chi connectivity index (χ0) is 16.2. The quantitative estimate of drug-likeness (QED) is 0.496. The number of fused-ring (bicyclic) bond motifs is 1. The van der Waals surface area contributed by atoms with Gasteiger partial charge in [-0.3, -0.25) is 5.31 Å². The highest BCUT2D eigenvalue weighted by molar-refractivity contribution is 5.62. The summed E-state index contributed by atoms with van der Waals surface area (Å²) in [5.74, 6) is -0.301. The topological polar surface area (TPSA) is 74.5 Å². The van der Waals surface area contributed by atoms with E-state index in [9.17, 15) is 0 Å². The molecule has 2 unspecified atom stereocenters. The van der Waals surface area contributed by atoms with Crippen molar-refractivity contribution < 1.29 is 8.35 Å². The molecule has 2 heterocycles. The molecule has 2 aliphatic heterocycles. The summed E-state index contributed by atoms with van der Waals surface area (Å²) in [6.45, 7) is 5.47. The molecule has 15 heavy (non-hydrogen) atoms. The summed E-state index contributed by atoms with van der Waals surface area (Å²) in [5.41, 5.74) is 6.27. The van der Waals surface area contributed by atoms with Gasteiger partial charge in [-0.25, -0.2) is 4.99 Å². The number of amidine groups is 1. The highest BCUT2D eigenvalue weighted by Gasteiger charge is 2.28. The molecule has 82 valence electrons. The van der Waals surface area contributed by atoms with Crippen LogP contribution in [0.1, 0.15) is 23.9 Å². The lowest BCUT2D eigenvalue weighted by Crippen LogP contribution is -2.57. The molecule has 0 amide bonds. The van der Waals surface area contributed by atoms with Crippen molar-refractivity contribution in [2.75, 3.05) is 0 Å². The first kappa shape index (κ1) is 5.03. The van der Waals surface area contributed by atoms with Gasteiger partial charge in [-0.15, -0.1) is 6.58 Å². The number of hydrogen-bond acceptors (Lipinski definition) is 5. The summed E-state index contributed by atoms with van der Waals surface area (Å²) in [6.07, 6.45) is -4.38. The molecule has 0 aromatic rings. The van der Waals surface area contributed by atoms with Crippen LogP contribution in [0.25, 0.3) is 0 Å². The van der Waals surface area contributed by atoms with Gasteiger partial charge >= 0.3 is 0 Å². The summed E-state index contributed by atoms with van der Waals surface area (Å²) in [7, 11) is 0. The maximum absolute atomic E-state index is 8.37. The first-order chi connectivity index (χ1) is 9.56. The lowest BCUT2D eigenvalue weighted by molar-refractivity contribution is 0.358. The number of rotatable bonds is 3. The van der Waals surface area contributed by atoms with Crippen molar-refractivity contribution in [2.45, 2.75) is 32.0 Å². The second-order valence-electron chi connectivity index (χ2n) is 3.48. The SMILES string of the molecule is [2H]C1=NC2=C(N)N([2H])C([2H])(CCC(=C)C)N([2H])C2([2H])N1[2H]. The number of nitrogens with one attached hydrogen (secondary N) is 3. The van der Waals surface area contributed by atoms with Gasteiger partial charge in [0.15, 0.2) is 2.82 Å². The third kappa shape index (κ3) is 2.12. The Morgan fingerprint density at radius 3 is 3.47 bits per heavy atom. The van der Waals surface area contributed by atoms with E-state index in [1.165, 1.54) is 0 Å². The summed E-state index contributed by atoms with van der Waals surface area (Å²) < 4.78 is 48.0. The summed E-state index contributed by atoms with van der Waals surface area (Å²) >= 11 is 0. The van der Waals surface area contributed by atoms with Gasteiger partial charge in [0.1, 0.15) is 20.4 Å². The van der Waals surface area contributed by atoms with E-state index < -0.39 is 18.6 Å². The number of aliphatic imine (C=N–C) groups is 1. The van der Waals surface area contributed by atoms with Gasteiger partial charge in [-0.1, -0.05) is 5.57 Å². The maximum Gasteiger partial charge on any atom is 0.163 e. The van der Waals surface area contributed by atoms with Crippen LogP contribution in [0, 0.1) is 0 Å². The van der Waals surface area contributed by atoms with E-state index in [1.807, 2.05) is 0 Å². The predicted octanol–water partition coefficient (Wildman–Crippen LogP) is -0.0530. The van der Waals surface area contributed by atoms with E-state index in [0.29, 0.717) is 22.4 Å². The molecular weight excluding hydrogens is 190 g/mol. The normalized spacial score (nSPS) is 47.1. The molecule has 0 aromatic carbocycles. The molecular formula is C10H17N5. The van der Waals surface area contributed by atoms with Crippen LogP contribution in [0.5, 0.6) is 0 Å². The van der Waals surface area contributed by atoms with E-state index in [-0.39, 0.29) is 17.9 Å². The first-order valence-corrected chi connectivity index (χ1v) is 4.64. The first-order valence-electron chi connectivity index (χ1n) is 7.48. The number of nitrogens with zero attached hydrogens (tertiary/aromatic N) is 1.